The number of halogens is 1. The lowest BCUT2D eigenvalue weighted by Crippen LogP contribution is -2.32. The van der Waals surface area contributed by atoms with Gasteiger partial charge < -0.3 is 10.6 Å². The SMILES string of the molecule is O=C(CNC(=O)c1ccccc1)Nc1cccc(-c2csc(-c3ccccc3Cl)n2)c1. The molecule has 31 heavy (non-hydrogen) atoms. The Labute approximate surface area is 188 Å². The molecule has 0 unspecified atom stereocenters. The van der Waals surface area contributed by atoms with Crippen LogP contribution in [0.1, 0.15) is 10.4 Å². The molecule has 0 saturated heterocycles. The van der Waals surface area contributed by atoms with Crippen molar-refractivity contribution in [2.45, 2.75) is 0 Å². The number of carbonyl (C=O) groups excluding carboxylic acids is 2. The lowest BCUT2D eigenvalue weighted by atomic mass is 10.1. The van der Waals surface area contributed by atoms with Gasteiger partial charge in [0.1, 0.15) is 5.01 Å². The van der Waals surface area contributed by atoms with Crippen LogP contribution in [-0.4, -0.2) is 23.3 Å². The Hall–Kier alpha value is -3.48. The number of benzene rings is 3. The summed E-state index contributed by atoms with van der Waals surface area (Å²) < 4.78 is 0. The quantitative estimate of drug-likeness (QED) is 0.410. The van der Waals surface area contributed by atoms with Crippen molar-refractivity contribution in [1.82, 2.24) is 10.3 Å². The van der Waals surface area contributed by atoms with Crippen LogP contribution < -0.4 is 10.6 Å². The van der Waals surface area contributed by atoms with E-state index in [1.807, 2.05) is 53.9 Å². The number of amides is 2. The number of nitrogens with one attached hydrogen (secondary N) is 2. The molecule has 0 aliphatic rings. The molecule has 0 fully saturated rings. The second-order valence-corrected chi connectivity index (χ2v) is 7.96. The summed E-state index contributed by atoms with van der Waals surface area (Å²) in [4.78, 5) is 29.0. The van der Waals surface area contributed by atoms with E-state index < -0.39 is 0 Å². The molecule has 4 aromatic rings. The fourth-order valence-corrected chi connectivity index (χ4v) is 4.13. The number of aromatic nitrogens is 1. The molecule has 1 aromatic heterocycles. The van der Waals surface area contributed by atoms with Gasteiger partial charge in [-0.1, -0.05) is 60.1 Å². The van der Waals surface area contributed by atoms with Crippen molar-refractivity contribution < 1.29 is 9.59 Å². The first-order valence-corrected chi connectivity index (χ1v) is 10.8. The summed E-state index contributed by atoms with van der Waals surface area (Å²) in [7, 11) is 0. The van der Waals surface area contributed by atoms with Crippen molar-refractivity contribution in [1.29, 1.82) is 0 Å². The zero-order valence-corrected chi connectivity index (χ0v) is 17.9. The fourth-order valence-electron chi connectivity index (χ4n) is 2.98. The highest BCUT2D eigenvalue weighted by Crippen LogP contribution is 2.33. The van der Waals surface area contributed by atoms with E-state index in [9.17, 15) is 9.59 Å². The van der Waals surface area contributed by atoms with Gasteiger partial charge in [-0.2, -0.15) is 0 Å². The molecule has 2 N–H and O–H groups in total. The molecule has 0 radical (unpaired) electrons. The second kappa shape index (κ2) is 9.55. The molecule has 0 spiro atoms. The number of hydrogen-bond acceptors (Lipinski definition) is 4. The number of rotatable bonds is 6. The van der Waals surface area contributed by atoms with E-state index >= 15 is 0 Å². The molecule has 0 saturated carbocycles. The maximum absolute atomic E-state index is 12.3. The van der Waals surface area contributed by atoms with Gasteiger partial charge in [0.25, 0.3) is 5.91 Å². The molecule has 1 heterocycles. The van der Waals surface area contributed by atoms with E-state index in [-0.39, 0.29) is 18.4 Å². The van der Waals surface area contributed by atoms with Gasteiger partial charge in [0.05, 0.1) is 17.3 Å². The third kappa shape index (κ3) is 5.17. The summed E-state index contributed by atoms with van der Waals surface area (Å²) in [5.41, 5.74) is 3.70. The fraction of sp³-hybridized carbons (Fsp3) is 0.0417. The van der Waals surface area contributed by atoms with Crippen LogP contribution >= 0.6 is 22.9 Å². The van der Waals surface area contributed by atoms with E-state index in [1.54, 1.807) is 30.3 Å². The predicted octanol–water partition coefficient (Wildman–Crippen LogP) is 5.50. The Morgan fingerprint density at radius 1 is 0.935 bits per heavy atom. The summed E-state index contributed by atoms with van der Waals surface area (Å²) >= 11 is 7.79. The van der Waals surface area contributed by atoms with Gasteiger partial charge in [-0.05, 0) is 30.3 Å². The Morgan fingerprint density at radius 3 is 2.52 bits per heavy atom. The summed E-state index contributed by atoms with van der Waals surface area (Å²) in [6, 6.07) is 23.8. The zero-order valence-electron chi connectivity index (χ0n) is 16.3. The van der Waals surface area contributed by atoms with E-state index in [2.05, 4.69) is 15.6 Å². The predicted molar refractivity (Wildman–Crippen MR) is 125 cm³/mol. The number of thiazole rings is 1. The molecule has 0 aliphatic carbocycles. The van der Waals surface area contributed by atoms with Crippen molar-refractivity contribution in [2.24, 2.45) is 0 Å². The van der Waals surface area contributed by atoms with Crippen molar-refractivity contribution in [3.63, 3.8) is 0 Å². The number of hydrogen-bond donors (Lipinski definition) is 2. The molecule has 0 atom stereocenters. The van der Waals surface area contributed by atoms with Crippen LogP contribution in [0.5, 0.6) is 0 Å². The number of anilines is 1. The summed E-state index contributed by atoms with van der Waals surface area (Å²) in [5.74, 6) is -0.601. The molecule has 4 rings (SSSR count). The van der Waals surface area contributed by atoms with E-state index in [1.165, 1.54) is 11.3 Å². The van der Waals surface area contributed by atoms with Gasteiger partial charge in [0, 0.05) is 27.8 Å². The third-order valence-corrected chi connectivity index (χ3v) is 5.70. The van der Waals surface area contributed by atoms with Gasteiger partial charge in [-0.3, -0.25) is 9.59 Å². The minimum absolute atomic E-state index is 0.120. The lowest BCUT2D eigenvalue weighted by molar-refractivity contribution is -0.115. The van der Waals surface area contributed by atoms with E-state index in [4.69, 9.17) is 11.6 Å². The Balaban J connectivity index is 1.41. The van der Waals surface area contributed by atoms with Crippen molar-refractivity contribution >= 4 is 40.4 Å². The highest BCUT2D eigenvalue weighted by atomic mass is 35.5. The average molecular weight is 448 g/mol. The van der Waals surface area contributed by atoms with Crippen LogP contribution in [0, 0.1) is 0 Å². The van der Waals surface area contributed by atoms with Gasteiger partial charge in [-0.25, -0.2) is 4.98 Å². The van der Waals surface area contributed by atoms with E-state index in [0.29, 0.717) is 16.3 Å². The minimum atomic E-state index is -0.309. The Kier molecular flexibility index (Phi) is 6.40. The molecular weight excluding hydrogens is 430 g/mol. The van der Waals surface area contributed by atoms with Gasteiger partial charge in [0.15, 0.2) is 0 Å². The van der Waals surface area contributed by atoms with Gasteiger partial charge in [-0.15, -0.1) is 11.3 Å². The van der Waals surface area contributed by atoms with E-state index in [0.717, 1.165) is 21.8 Å². The van der Waals surface area contributed by atoms with Crippen LogP contribution in [0.2, 0.25) is 5.02 Å². The topological polar surface area (TPSA) is 71.1 Å². The van der Waals surface area contributed by atoms with Crippen molar-refractivity contribution in [3.05, 3.63) is 94.8 Å². The monoisotopic (exact) mass is 447 g/mol. The van der Waals surface area contributed by atoms with Crippen LogP contribution in [0.4, 0.5) is 5.69 Å². The molecule has 2 amide bonds. The Morgan fingerprint density at radius 2 is 1.71 bits per heavy atom. The second-order valence-electron chi connectivity index (χ2n) is 6.70. The molecule has 5 nitrogen and oxygen atoms in total. The normalized spacial score (nSPS) is 10.5. The number of nitrogens with zero attached hydrogens (tertiary/aromatic N) is 1. The smallest absolute Gasteiger partial charge is 0.251 e. The van der Waals surface area contributed by atoms with Crippen LogP contribution in [0.25, 0.3) is 21.8 Å². The molecule has 0 aliphatic heterocycles. The van der Waals surface area contributed by atoms with Crippen LogP contribution in [0.15, 0.2) is 84.2 Å². The summed E-state index contributed by atoms with van der Waals surface area (Å²) in [6.07, 6.45) is 0. The van der Waals surface area contributed by atoms with Crippen LogP contribution in [-0.2, 0) is 4.79 Å². The van der Waals surface area contributed by atoms with Crippen molar-refractivity contribution in [3.8, 4) is 21.8 Å². The lowest BCUT2D eigenvalue weighted by Gasteiger charge is -2.08. The average Bonchev–Trinajstić information content (AvgIpc) is 3.29. The molecule has 7 heteroatoms. The third-order valence-electron chi connectivity index (χ3n) is 4.50. The van der Waals surface area contributed by atoms with Crippen molar-refractivity contribution in [2.75, 3.05) is 11.9 Å². The maximum atomic E-state index is 12.3. The standard InChI is InChI=1S/C24H18ClN3O2S/c25-20-12-5-4-11-19(20)24-28-21(15-31-24)17-9-6-10-18(13-17)27-22(29)14-26-23(30)16-7-2-1-3-8-16/h1-13,15H,14H2,(H,26,30)(H,27,29). The van der Waals surface area contributed by atoms with Gasteiger partial charge >= 0.3 is 0 Å². The number of carbonyl (C=O) groups is 2. The minimum Gasteiger partial charge on any atom is -0.343 e. The largest absolute Gasteiger partial charge is 0.343 e. The summed E-state index contributed by atoms with van der Waals surface area (Å²) in [6.45, 7) is -0.120. The first-order chi connectivity index (χ1) is 15.1. The Bertz CT molecular complexity index is 1220. The molecule has 154 valence electrons. The van der Waals surface area contributed by atoms with Gasteiger partial charge in [0.2, 0.25) is 5.91 Å². The first-order valence-electron chi connectivity index (χ1n) is 9.54. The maximum Gasteiger partial charge on any atom is 0.251 e. The highest BCUT2D eigenvalue weighted by Gasteiger charge is 2.11. The van der Waals surface area contributed by atoms with Crippen LogP contribution in [0.3, 0.4) is 0 Å². The molecule has 0 bridgehead atoms. The first kappa shape index (κ1) is 20.8. The summed E-state index contributed by atoms with van der Waals surface area (Å²) in [5, 5.41) is 8.87. The molecular formula is C24H18ClN3O2S. The highest BCUT2D eigenvalue weighted by molar-refractivity contribution is 7.13. The molecule has 3 aromatic carbocycles. The zero-order chi connectivity index (χ0) is 21.6.